The zero-order chi connectivity index (χ0) is 9.40. The van der Waals surface area contributed by atoms with E-state index >= 15 is 0 Å². The maximum Gasteiger partial charge on any atom is 0.219 e. The van der Waals surface area contributed by atoms with Gasteiger partial charge in [0.05, 0.1) is 6.61 Å². The summed E-state index contributed by atoms with van der Waals surface area (Å²) >= 11 is 0. The largest absolute Gasteiger partial charge is 0.383 e. The lowest BCUT2D eigenvalue weighted by atomic mass is 10.2. The molecule has 5 heteroatoms. The van der Waals surface area contributed by atoms with Crippen molar-refractivity contribution in [1.29, 1.82) is 0 Å². The number of amides is 1. The van der Waals surface area contributed by atoms with Crippen LogP contribution in [0.25, 0.3) is 0 Å². The van der Waals surface area contributed by atoms with Gasteiger partial charge in [0.2, 0.25) is 5.91 Å². The lowest BCUT2D eigenvalue weighted by Crippen LogP contribution is -2.40. The first-order chi connectivity index (χ1) is 5.70. The van der Waals surface area contributed by atoms with E-state index in [0.717, 1.165) is 0 Å². The van der Waals surface area contributed by atoms with Gasteiger partial charge in [-0.1, -0.05) is 0 Å². The van der Waals surface area contributed by atoms with E-state index in [0.29, 0.717) is 19.7 Å². The average Bonchev–Trinajstić information content (AvgIpc) is 2.02. The number of carbonyl (C=O) groups excluding carboxylic acids is 1. The molecule has 12 heavy (non-hydrogen) atoms. The summed E-state index contributed by atoms with van der Waals surface area (Å²) in [5.74, 6) is -0.338. The number of hydrogen-bond donors (Lipinski definition) is 3. The second kappa shape index (κ2) is 7.02. The highest BCUT2D eigenvalue weighted by Gasteiger charge is 2.07. The predicted octanol–water partition coefficient (Wildman–Crippen LogP) is -1.57. The molecule has 0 bridgehead atoms. The monoisotopic (exact) mass is 175 g/mol. The Labute approximate surface area is 72.4 Å². The Balaban J connectivity index is 3.46. The Bertz CT molecular complexity index is 130. The summed E-state index contributed by atoms with van der Waals surface area (Å²) in [4.78, 5) is 10.5. The number of methoxy groups -OCH3 is 1. The van der Waals surface area contributed by atoms with Crippen LogP contribution in [0, 0.1) is 0 Å². The quantitative estimate of drug-likeness (QED) is 0.407. The van der Waals surface area contributed by atoms with Gasteiger partial charge in [-0.3, -0.25) is 4.79 Å². The van der Waals surface area contributed by atoms with Crippen LogP contribution in [0.15, 0.2) is 0 Å². The van der Waals surface area contributed by atoms with Gasteiger partial charge < -0.3 is 21.5 Å². The highest BCUT2D eigenvalue weighted by atomic mass is 16.5. The van der Waals surface area contributed by atoms with Crippen LogP contribution in [0.2, 0.25) is 0 Å². The topological polar surface area (TPSA) is 90.4 Å². The van der Waals surface area contributed by atoms with Crippen molar-refractivity contribution in [2.24, 2.45) is 11.5 Å². The van der Waals surface area contributed by atoms with Crippen molar-refractivity contribution in [3.8, 4) is 0 Å². The smallest absolute Gasteiger partial charge is 0.219 e. The van der Waals surface area contributed by atoms with Crippen molar-refractivity contribution in [3.05, 3.63) is 0 Å². The van der Waals surface area contributed by atoms with E-state index in [-0.39, 0.29) is 18.4 Å². The number of hydrogen-bond acceptors (Lipinski definition) is 4. The van der Waals surface area contributed by atoms with Crippen LogP contribution in [0.5, 0.6) is 0 Å². The maximum absolute atomic E-state index is 10.5. The summed E-state index contributed by atoms with van der Waals surface area (Å²) in [6.07, 6.45) is 0.278. The van der Waals surface area contributed by atoms with Gasteiger partial charge in [0.15, 0.2) is 0 Å². The van der Waals surface area contributed by atoms with Crippen molar-refractivity contribution in [2.45, 2.75) is 12.5 Å². The van der Waals surface area contributed by atoms with Gasteiger partial charge >= 0.3 is 0 Å². The van der Waals surface area contributed by atoms with Crippen LogP contribution >= 0.6 is 0 Å². The normalized spacial score (nSPS) is 12.8. The van der Waals surface area contributed by atoms with Gasteiger partial charge in [-0.05, 0) is 0 Å². The summed E-state index contributed by atoms with van der Waals surface area (Å²) in [5.41, 5.74) is 10.4. The zero-order valence-corrected chi connectivity index (χ0v) is 7.38. The van der Waals surface area contributed by atoms with Crippen LogP contribution < -0.4 is 16.8 Å². The molecule has 1 atom stereocenters. The van der Waals surface area contributed by atoms with Gasteiger partial charge in [-0.2, -0.15) is 0 Å². The average molecular weight is 175 g/mol. The van der Waals surface area contributed by atoms with Crippen molar-refractivity contribution >= 4 is 5.91 Å². The first kappa shape index (κ1) is 11.4. The molecule has 1 amide bonds. The number of ether oxygens (including phenoxy) is 1. The molecule has 0 saturated carbocycles. The fraction of sp³-hybridized carbons (Fsp3) is 0.857. The highest BCUT2D eigenvalue weighted by molar-refractivity contribution is 5.74. The van der Waals surface area contributed by atoms with Crippen molar-refractivity contribution < 1.29 is 9.53 Å². The molecule has 0 radical (unpaired) electrons. The lowest BCUT2D eigenvalue weighted by Gasteiger charge is -2.14. The molecule has 0 aliphatic heterocycles. The van der Waals surface area contributed by atoms with Gasteiger partial charge in [-0.15, -0.1) is 0 Å². The molecule has 0 spiro atoms. The van der Waals surface area contributed by atoms with Gasteiger partial charge in [0, 0.05) is 32.7 Å². The molecule has 5 nitrogen and oxygen atoms in total. The second-order valence-electron chi connectivity index (χ2n) is 2.55. The standard InChI is InChI=1S/C7H17N3O2/c1-12-3-2-10-6(5-8)4-7(9)11/h6,10H,2-5,8H2,1H3,(H2,9,11). The minimum Gasteiger partial charge on any atom is -0.383 e. The molecule has 0 saturated heterocycles. The van der Waals surface area contributed by atoms with E-state index < -0.39 is 0 Å². The van der Waals surface area contributed by atoms with E-state index in [9.17, 15) is 4.79 Å². The van der Waals surface area contributed by atoms with E-state index in [1.807, 2.05) is 0 Å². The molecular weight excluding hydrogens is 158 g/mol. The van der Waals surface area contributed by atoms with Crippen LogP contribution in [-0.2, 0) is 9.53 Å². The van der Waals surface area contributed by atoms with Crippen LogP contribution in [0.3, 0.4) is 0 Å². The Morgan fingerprint density at radius 3 is 2.75 bits per heavy atom. The minimum absolute atomic E-state index is 0.0300. The van der Waals surface area contributed by atoms with Crippen LogP contribution in [0.1, 0.15) is 6.42 Å². The minimum atomic E-state index is -0.338. The third-order valence-corrected chi connectivity index (χ3v) is 1.47. The van der Waals surface area contributed by atoms with Crippen molar-refractivity contribution in [2.75, 3.05) is 26.8 Å². The van der Waals surface area contributed by atoms with Crippen molar-refractivity contribution in [3.63, 3.8) is 0 Å². The molecular formula is C7H17N3O2. The molecule has 0 aliphatic rings. The summed E-state index contributed by atoms with van der Waals surface area (Å²) in [6.45, 7) is 1.70. The first-order valence-corrected chi connectivity index (χ1v) is 3.91. The molecule has 72 valence electrons. The van der Waals surface area contributed by atoms with E-state index in [4.69, 9.17) is 16.2 Å². The number of primary amides is 1. The van der Waals surface area contributed by atoms with Gasteiger partial charge in [0.1, 0.15) is 0 Å². The van der Waals surface area contributed by atoms with E-state index in [1.54, 1.807) is 7.11 Å². The molecule has 0 heterocycles. The number of rotatable bonds is 7. The molecule has 0 aromatic rings. The summed E-state index contributed by atoms with van der Waals surface area (Å²) in [6, 6.07) is -0.0300. The molecule has 0 aliphatic carbocycles. The fourth-order valence-corrected chi connectivity index (χ4v) is 0.847. The summed E-state index contributed by atoms with van der Waals surface area (Å²) in [5, 5.41) is 3.05. The van der Waals surface area contributed by atoms with Crippen LogP contribution in [-0.4, -0.2) is 38.8 Å². The lowest BCUT2D eigenvalue weighted by molar-refractivity contribution is -0.118. The number of carbonyl (C=O) groups is 1. The Kier molecular flexibility index (Phi) is 6.64. The number of nitrogens with two attached hydrogens (primary N) is 2. The van der Waals surface area contributed by atoms with E-state index in [2.05, 4.69) is 5.32 Å². The molecule has 0 fully saturated rings. The Morgan fingerprint density at radius 2 is 2.33 bits per heavy atom. The molecule has 0 rings (SSSR count). The fourth-order valence-electron chi connectivity index (χ4n) is 0.847. The molecule has 0 aromatic heterocycles. The highest BCUT2D eigenvalue weighted by Crippen LogP contribution is 1.87. The van der Waals surface area contributed by atoms with Gasteiger partial charge in [-0.25, -0.2) is 0 Å². The molecule has 5 N–H and O–H groups in total. The third-order valence-electron chi connectivity index (χ3n) is 1.47. The molecule has 1 unspecified atom stereocenters. The Hall–Kier alpha value is -0.650. The SMILES string of the molecule is COCCNC(CN)CC(N)=O. The maximum atomic E-state index is 10.5. The van der Waals surface area contributed by atoms with E-state index in [1.165, 1.54) is 0 Å². The van der Waals surface area contributed by atoms with Crippen LogP contribution in [0.4, 0.5) is 0 Å². The summed E-state index contributed by atoms with van der Waals surface area (Å²) < 4.78 is 4.82. The second-order valence-corrected chi connectivity index (χ2v) is 2.55. The molecule has 0 aromatic carbocycles. The first-order valence-electron chi connectivity index (χ1n) is 3.91. The Morgan fingerprint density at radius 1 is 1.67 bits per heavy atom. The predicted molar refractivity (Wildman–Crippen MR) is 46.5 cm³/mol. The zero-order valence-electron chi connectivity index (χ0n) is 7.38. The third kappa shape index (κ3) is 6.09. The number of nitrogens with one attached hydrogen (secondary N) is 1. The van der Waals surface area contributed by atoms with Crippen molar-refractivity contribution in [1.82, 2.24) is 5.32 Å². The van der Waals surface area contributed by atoms with Gasteiger partial charge in [0.25, 0.3) is 0 Å². The summed E-state index contributed by atoms with van der Waals surface area (Å²) in [7, 11) is 1.62.